The number of sulfonamides is 1. The second-order valence-corrected chi connectivity index (χ2v) is 9.90. The number of nitrogens with zero attached hydrogens (tertiary/aromatic N) is 7. The van der Waals surface area contributed by atoms with Crippen LogP contribution in [-0.4, -0.2) is 50.5 Å². The van der Waals surface area contributed by atoms with E-state index in [1.807, 2.05) is 6.07 Å². The molecule has 0 aliphatic carbocycles. The lowest BCUT2D eigenvalue weighted by molar-refractivity contribution is 0.272. The molecule has 1 atom stereocenters. The van der Waals surface area contributed by atoms with Crippen LogP contribution in [0.5, 0.6) is 5.88 Å². The minimum Gasteiger partial charge on any atom is -0.475 e. The maximum Gasteiger partial charge on any atom is 0.239 e. The zero-order chi connectivity index (χ0) is 24.4. The van der Waals surface area contributed by atoms with Crippen molar-refractivity contribution in [2.75, 3.05) is 17.1 Å². The predicted octanol–water partition coefficient (Wildman–Crippen LogP) is 2.62. The molecular formula is C22H17ClN8O3S. The fraction of sp³-hybridized carbons (Fsp3) is 0.182. The van der Waals surface area contributed by atoms with Gasteiger partial charge in [-0.05, 0) is 29.8 Å². The molecule has 0 bridgehead atoms. The standard InChI is InChI=1S/C22H17ClN8O3S/c23-16-11-26-19(27-12-16)6-8-35(32,33)30-22-29-28-20-17-5-2-7-25-21(17)34-13-18(31(20)22)15-4-1-3-14(9-15)10-24/h1-5,7,9,11-12,18H,6,8,13H2,(H,29,30)/t18-/m0/s1. The lowest BCUT2D eigenvalue weighted by Gasteiger charge is -2.20. The van der Waals surface area contributed by atoms with Gasteiger partial charge in [-0.2, -0.15) is 5.26 Å². The van der Waals surface area contributed by atoms with Crippen LogP contribution in [-0.2, 0) is 16.4 Å². The Morgan fingerprint density at radius 3 is 2.80 bits per heavy atom. The van der Waals surface area contributed by atoms with E-state index in [0.717, 1.165) is 5.56 Å². The molecule has 1 aliphatic heterocycles. The Morgan fingerprint density at radius 2 is 2.00 bits per heavy atom. The van der Waals surface area contributed by atoms with Crippen molar-refractivity contribution in [2.45, 2.75) is 12.5 Å². The van der Waals surface area contributed by atoms with Crippen molar-refractivity contribution in [1.29, 1.82) is 5.26 Å². The molecule has 0 fully saturated rings. The van der Waals surface area contributed by atoms with Crippen molar-refractivity contribution in [2.24, 2.45) is 0 Å². The number of hydrogen-bond donors (Lipinski definition) is 1. The Hall–Kier alpha value is -4.08. The highest BCUT2D eigenvalue weighted by molar-refractivity contribution is 7.92. The number of hydrogen-bond acceptors (Lipinski definition) is 9. The Bertz CT molecular complexity index is 1530. The largest absolute Gasteiger partial charge is 0.475 e. The first kappa shape index (κ1) is 22.7. The van der Waals surface area contributed by atoms with E-state index in [1.165, 1.54) is 12.4 Å². The average molecular weight is 509 g/mol. The molecule has 0 radical (unpaired) electrons. The first-order valence-electron chi connectivity index (χ1n) is 10.4. The fourth-order valence-electron chi connectivity index (χ4n) is 3.69. The molecule has 4 heterocycles. The molecule has 0 saturated carbocycles. The molecule has 5 rings (SSSR count). The van der Waals surface area contributed by atoms with Crippen molar-refractivity contribution in [3.63, 3.8) is 0 Å². The molecule has 35 heavy (non-hydrogen) atoms. The molecule has 1 aliphatic rings. The number of anilines is 1. The quantitative estimate of drug-likeness (QED) is 0.414. The number of aryl methyl sites for hydroxylation is 1. The van der Waals surface area contributed by atoms with Crippen molar-refractivity contribution in [3.05, 3.63) is 77.0 Å². The third-order valence-corrected chi connectivity index (χ3v) is 6.74. The van der Waals surface area contributed by atoms with Crippen LogP contribution in [0.15, 0.2) is 55.0 Å². The number of pyridine rings is 1. The van der Waals surface area contributed by atoms with Gasteiger partial charge in [0.25, 0.3) is 0 Å². The van der Waals surface area contributed by atoms with Gasteiger partial charge in [0, 0.05) is 25.0 Å². The van der Waals surface area contributed by atoms with Gasteiger partial charge in [-0.3, -0.25) is 9.29 Å². The molecule has 0 amide bonds. The highest BCUT2D eigenvalue weighted by Gasteiger charge is 2.31. The molecule has 0 unspecified atom stereocenters. The minimum atomic E-state index is -3.85. The molecule has 1 N–H and O–H groups in total. The topological polar surface area (TPSA) is 149 Å². The third kappa shape index (κ3) is 4.77. The summed E-state index contributed by atoms with van der Waals surface area (Å²) in [6.45, 7) is 0.122. The van der Waals surface area contributed by atoms with Gasteiger partial charge in [0.05, 0.1) is 34.0 Å². The maximum absolute atomic E-state index is 12.9. The van der Waals surface area contributed by atoms with Crippen LogP contribution in [0.1, 0.15) is 23.0 Å². The second kappa shape index (κ2) is 9.28. The van der Waals surface area contributed by atoms with Crippen LogP contribution >= 0.6 is 11.6 Å². The van der Waals surface area contributed by atoms with E-state index in [9.17, 15) is 13.7 Å². The molecule has 176 valence electrons. The SMILES string of the molecule is N#Cc1cccc([C@@H]2COc3ncccc3-c3nnc(NS(=O)(=O)CCc4ncc(Cl)cn4)n32)c1. The Labute approximate surface area is 205 Å². The molecule has 4 aromatic rings. The summed E-state index contributed by atoms with van der Waals surface area (Å²) in [5.41, 5.74) is 1.76. The zero-order valence-electron chi connectivity index (χ0n) is 18.0. The maximum atomic E-state index is 12.9. The van der Waals surface area contributed by atoms with Crippen LogP contribution in [0.4, 0.5) is 5.95 Å². The van der Waals surface area contributed by atoms with Crippen molar-refractivity contribution < 1.29 is 13.2 Å². The number of nitrogens with one attached hydrogen (secondary N) is 1. The van der Waals surface area contributed by atoms with Gasteiger partial charge in [-0.1, -0.05) is 23.7 Å². The molecule has 0 saturated heterocycles. The van der Waals surface area contributed by atoms with Gasteiger partial charge in [-0.15, -0.1) is 10.2 Å². The third-order valence-electron chi connectivity index (χ3n) is 5.31. The normalized spacial score (nSPS) is 14.7. The first-order chi connectivity index (χ1) is 16.9. The van der Waals surface area contributed by atoms with Crippen molar-refractivity contribution in [3.8, 4) is 23.3 Å². The summed E-state index contributed by atoms with van der Waals surface area (Å²) in [4.78, 5) is 12.3. The number of halogens is 1. The Morgan fingerprint density at radius 1 is 1.17 bits per heavy atom. The van der Waals surface area contributed by atoms with E-state index in [-0.39, 0.29) is 24.7 Å². The van der Waals surface area contributed by atoms with Crippen LogP contribution in [0.2, 0.25) is 5.02 Å². The van der Waals surface area contributed by atoms with Gasteiger partial charge in [0.1, 0.15) is 12.4 Å². The molecule has 13 heteroatoms. The highest BCUT2D eigenvalue weighted by atomic mass is 35.5. The van der Waals surface area contributed by atoms with E-state index in [4.69, 9.17) is 16.3 Å². The molecule has 1 aromatic carbocycles. The summed E-state index contributed by atoms with van der Waals surface area (Å²) in [5, 5.41) is 18.1. The van der Waals surface area contributed by atoms with Crippen molar-refractivity contribution >= 4 is 27.6 Å². The molecule has 3 aromatic heterocycles. The Balaban J connectivity index is 1.51. The van der Waals surface area contributed by atoms with Gasteiger partial charge in [0.15, 0.2) is 5.82 Å². The summed E-state index contributed by atoms with van der Waals surface area (Å²) in [5.74, 6) is 0.829. The second-order valence-electron chi connectivity index (χ2n) is 7.63. The minimum absolute atomic E-state index is 0.0182. The van der Waals surface area contributed by atoms with Crippen LogP contribution < -0.4 is 9.46 Å². The Kier molecular flexibility index (Phi) is 6.02. The lowest BCUT2D eigenvalue weighted by Crippen LogP contribution is -2.25. The fourth-order valence-corrected chi connectivity index (χ4v) is 4.76. The predicted molar refractivity (Wildman–Crippen MR) is 126 cm³/mol. The molecule has 0 spiro atoms. The summed E-state index contributed by atoms with van der Waals surface area (Å²) < 4.78 is 36.0. The van der Waals surface area contributed by atoms with Gasteiger partial charge < -0.3 is 4.74 Å². The summed E-state index contributed by atoms with van der Waals surface area (Å²) in [7, 11) is -3.85. The van der Waals surface area contributed by atoms with E-state index in [2.05, 4.69) is 35.9 Å². The summed E-state index contributed by atoms with van der Waals surface area (Å²) >= 11 is 5.79. The van der Waals surface area contributed by atoms with Crippen LogP contribution in [0, 0.1) is 11.3 Å². The van der Waals surface area contributed by atoms with E-state index >= 15 is 0 Å². The van der Waals surface area contributed by atoms with Gasteiger partial charge in [0.2, 0.25) is 21.9 Å². The average Bonchev–Trinajstić information content (AvgIpc) is 3.18. The monoisotopic (exact) mass is 508 g/mol. The number of nitriles is 1. The van der Waals surface area contributed by atoms with Crippen molar-refractivity contribution in [1.82, 2.24) is 29.7 Å². The number of rotatable bonds is 6. The number of ether oxygens (including phenoxy) is 1. The number of aromatic nitrogens is 6. The summed E-state index contributed by atoms with van der Waals surface area (Å²) in [6.07, 6.45) is 4.50. The molecule has 11 nitrogen and oxygen atoms in total. The number of benzene rings is 1. The lowest BCUT2D eigenvalue weighted by atomic mass is 10.0. The van der Waals surface area contributed by atoms with E-state index in [1.54, 1.807) is 41.1 Å². The number of fused-ring (bicyclic) bond motifs is 3. The van der Waals surface area contributed by atoms with Crippen LogP contribution in [0.25, 0.3) is 11.4 Å². The first-order valence-corrected chi connectivity index (χ1v) is 12.5. The summed E-state index contributed by atoms with van der Waals surface area (Å²) in [6, 6.07) is 12.1. The van der Waals surface area contributed by atoms with Gasteiger partial charge >= 0.3 is 0 Å². The highest BCUT2D eigenvalue weighted by Crippen LogP contribution is 2.37. The van der Waals surface area contributed by atoms with Crippen LogP contribution in [0.3, 0.4) is 0 Å². The zero-order valence-corrected chi connectivity index (χ0v) is 19.6. The van der Waals surface area contributed by atoms with Gasteiger partial charge in [-0.25, -0.2) is 23.4 Å². The molecular weight excluding hydrogens is 492 g/mol. The van der Waals surface area contributed by atoms with E-state index in [0.29, 0.717) is 33.7 Å². The van der Waals surface area contributed by atoms with E-state index < -0.39 is 16.1 Å². The smallest absolute Gasteiger partial charge is 0.239 e.